The summed E-state index contributed by atoms with van der Waals surface area (Å²) in [4.78, 5) is 12.0. The summed E-state index contributed by atoms with van der Waals surface area (Å²) < 4.78 is 39.0. The van der Waals surface area contributed by atoms with Crippen molar-refractivity contribution >= 4 is 5.97 Å². The molecule has 20 nitrogen and oxygen atoms in total. The van der Waals surface area contributed by atoms with Gasteiger partial charge in [-0.3, -0.25) is 4.79 Å². The molecule has 0 spiro atoms. The van der Waals surface area contributed by atoms with Gasteiger partial charge in [-0.2, -0.15) is 0 Å². The van der Waals surface area contributed by atoms with Crippen molar-refractivity contribution in [3.63, 3.8) is 0 Å². The Hall–Kier alpha value is -1.25. The summed E-state index contributed by atoms with van der Waals surface area (Å²) in [6.45, 7) is 0.103. The van der Waals surface area contributed by atoms with Gasteiger partial charge in [-0.15, -0.1) is 0 Å². The molecular weight excluding hydrogens is 812 g/mol. The highest BCUT2D eigenvalue weighted by atomic mass is 16.7. The van der Waals surface area contributed by atoms with Gasteiger partial charge in [0.05, 0.1) is 51.7 Å². The van der Waals surface area contributed by atoms with Crippen LogP contribution in [0, 0.1) is 0 Å². The molecule has 3 aliphatic rings. The molecule has 0 saturated carbocycles. The maximum Gasteiger partial charge on any atom is 0.308 e. The number of unbranched alkanes of at least 4 members (excludes halogenated alkanes) is 10. The molecule has 0 aromatic rings. The highest BCUT2D eigenvalue weighted by Crippen LogP contribution is 2.29. The van der Waals surface area contributed by atoms with Crippen molar-refractivity contribution in [2.24, 2.45) is 0 Å². The summed E-state index contributed by atoms with van der Waals surface area (Å²) in [6.07, 6.45) is -9.17. The zero-order valence-corrected chi connectivity index (χ0v) is 35.7. The van der Waals surface area contributed by atoms with Crippen LogP contribution in [-0.2, 0) is 38.0 Å². The predicted octanol–water partition coefficient (Wildman–Crippen LogP) is -1.63. The lowest BCUT2D eigenvalue weighted by Crippen LogP contribution is -2.59. The van der Waals surface area contributed by atoms with Crippen molar-refractivity contribution in [1.82, 2.24) is 0 Å². The van der Waals surface area contributed by atoms with E-state index in [4.69, 9.17) is 33.2 Å². The van der Waals surface area contributed by atoms with E-state index >= 15 is 0 Å². The second-order valence-corrected chi connectivity index (χ2v) is 16.7. The third-order valence-corrected chi connectivity index (χ3v) is 11.9. The van der Waals surface area contributed by atoms with Gasteiger partial charge in [-0.25, -0.2) is 0 Å². The molecule has 20 heteroatoms. The zero-order valence-electron chi connectivity index (χ0n) is 35.7. The van der Waals surface area contributed by atoms with E-state index < -0.39 is 124 Å². The number of rotatable bonds is 29. The molecule has 3 rings (SSSR count). The Morgan fingerprint density at radius 3 is 1.13 bits per heavy atom. The van der Waals surface area contributed by atoms with Crippen LogP contribution in [0.3, 0.4) is 0 Å². The lowest BCUT2D eigenvalue weighted by Gasteiger charge is -2.41. The number of carbonyl (C=O) groups is 1. The first-order valence-electron chi connectivity index (χ1n) is 22.1. The summed E-state index contributed by atoms with van der Waals surface area (Å²) in [7, 11) is 1.26. The fourth-order valence-corrected chi connectivity index (χ4v) is 7.95. The van der Waals surface area contributed by atoms with Crippen molar-refractivity contribution < 1.29 is 99.2 Å². The molecule has 0 aromatic heterocycles. The quantitative estimate of drug-likeness (QED) is 0.0296. The first-order valence-corrected chi connectivity index (χ1v) is 22.1. The van der Waals surface area contributed by atoms with E-state index in [1.807, 2.05) is 0 Å². The maximum absolute atomic E-state index is 12.0. The summed E-state index contributed by atoms with van der Waals surface area (Å²) in [6, 6.07) is 0. The van der Waals surface area contributed by atoms with Crippen LogP contribution >= 0.6 is 0 Å². The molecule has 0 bridgehead atoms. The number of ether oxygens (including phenoxy) is 7. The highest BCUT2D eigenvalue weighted by molar-refractivity contribution is 5.69. The van der Waals surface area contributed by atoms with Crippen LogP contribution < -0.4 is 0 Å². The van der Waals surface area contributed by atoms with Crippen molar-refractivity contribution in [3.05, 3.63) is 0 Å². The molecule has 0 radical (unpaired) electrons. The minimum absolute atomic E-state index is 0.0915. The van der Waals surface area contributed by atoms with Crippen LogP contribution in [0.4, 0.5) is 0 Å². The SMILES string of the molecule is COC(=O)CC(CCCCCCCCCCCC(CCCCCC(C)OC1OC(CO)C(O)C(O)C1O)OC1OC(CO)C(O)C(O)C1O)OC1OC(CO)C(O)C(O)C1O. The van der Waals surface area contributed by atoms with Crippen LogP contribution in [0.5, 0.6) is 0 Å². The number of methoxy groups -OCH3 is 1. The second-order valence-electron chi connectivity index (χ2n) is 16.7. The van der Waals surface area contributed by atoms with Gasteiger partial charge in [-0.05, 0) is 32.6 Å². The number of hydrogen-bond donors (Lipinski definition) is 12. The molecule has 0 aliphatic carbocycles. The van der Waals surface area contributed by atoms with Gasteiger partial charge in [0.15, 0.2) is 18.9 Å². The fraction of sp³-hybridized carbons (Fsp3) is 0.976. The number of aliphatic hydroxyl groups excluding tert-OH is 12. The molecule has 18 unspecified atom stereocenters. The Balaban J connectivity index is 1.37. The molecule has 18 atom stereocenters. The molecule has 12 N–H and O–H groups in total. The first-order chi connectivity index (χ1) is 29.2. The maximum atomic E-state index is 12.0. The largest absolute Gasteiger partial charge is 0.469 e. The summed E-state index contributed by atoms with van der Waals surface area (Å²) in [5, 5.41) is 120. The topological polar surface area (TPSA) is 324 Å². The zero-order chi connectivity index (χ0) is 45.1. The molecule has 3 fully saturated rings. The lowest BCUT2D eigenvalue weighted by atomic mass is 9.98. The van der Waals surface area contributed by atoms with Gasteiger partial charge < -0.3 is 94.4 Å². The van der Waals surface area contributed by atoms with Gasteiger partial charge in [0.2, 0.25) is 0 Å². The molecule has 3 saturated heterocycles. The molecule has 61 heavy (non-hydrogen) atoms. The third-order valence-electron chi connectivity index (χ3n) is 11.9. The second kappa shape index (κ2) is 28.6. The number of aliphatic hydroxyl groups is 12. The van der Waals surface area contributed by atoms with E-state index in [-0.39, 0.29) is 18.6 Å². The average Bonchev–Trinajstić information content (AvgIpc) is 3.25. The van der Waals surface area contributed by atoms with Gasteiger partial charge in [0.1, 0.15) is 73.2 Å². The minimum atomic E-state index is -1.58. The lowest BCUT2D eigenvalue weighted by molar-refractivity contribution is -0.312. The Morgan fingerprint density at radius 1 is 0.443 bits per heavy atom. The Morgan fingerprint density at radius 2 is 0.754 bits per heavy atom. The molecule has 3 aliphatic heterocycles. The van der Waals surface area contributed by atoms with Gasteiger partial charge in [-0.1, -0.05) is 77.0 Å². The van der Waals surface area contributed by atoms with E-state index in [1.165, 1.54) is 7.11 Å². The van der Waals surface area contributed by atoms with E-state index in [2.05, 4.69) is 0 Å². The molecule has 360 valence electrons. The van der Waals surface area contributed by atoms with Crippen LogP contribution in [0.1, 0.15) is 116 Å². The van der Waals surface area contributed by atoms with Crippen LogP contribution in [0.2, 0.25) is 0 Å². The molecule has 0 amide bonds. The third kappa shape index (κ3) is 17.2. The predicted molar refractivity (Wildman–Crippen MR) is 212 cm³/mol. The van der Waals surface area contributed by atoms with Gasteiger partial charge in [0.25, 0.3) is 0 Å². The van der Waals surface area contributed by atoms with Crippen LogP contribution in [0.25, 0.3) is 0 Å². The molecular formula is C41H76O20. The standard InChI is InChI=1S/C41H76O20/c1-23(56-39-36(52)33(49)30(46)26(20-42)59-39)15-11-10-14-17-24(57-40-37(53)34(50)31(47)27(21-43)60-40)16-12-8-6-4-3-5-7-9-13-18-25(19-29(45)55-2)58-41-38(54)35(51)32(48)28(22-44)61-41/h23-28,30-44,46-54H,3-22H2,1-2H3. The number of hydrogen-bond acceptors (Lipinski definition) is 20. The minimum Gasteiger partial charge on any atom is -0.469 e. The van der Waals surface area contributed by atoms with Gasteiger partial charge >= 0.3 is 5.97 Å². The van der Waals surface area contributed by atoms with E-state index in [0.717, 1.165) is 77.0 Å². The van der Waals surface area contributed by atoms with E-state index in [0.29, 0.717) is 25.7 Å². The fourth-order valence-electron chi connectivity index (χ4n) is 7.95. The monoisotopic (exact) mass is 888 g/mol. The number of carbonyl (C=O) groups excluding carboxylic acids is 1. The van der Waals surface area contributed by atoms with Gasteiger partial charge in [0, 0.05) is 0 Å². The highest BCUT2D eigenvalue weighted by Gasteiger charge is 2.47. The summed E-state index contributed by atoms with van der Waals surface area (Å²) in [5.41, 5.74) is 0. The first kappa shape index (κ1) is 54.1. The Labute approximate surface area is 358 Å². The smallest absolute Gasteiger partial charge is 0.308 e. The van der Waals surface area contributed by atoms with Crippen LogP contribution in [-0.4, -0.2) is 205 Å². The van der Waals surface area contributed by atoms with Crippen LogP contribution in [0.15, 0.2) is 0 Å². The van der Waals surface area contributed by atoms with Crippen molar-refractivity contribution in [1.29, 1.82) is 0 Å². The molecule has 0 aromatic carbocycles. The van der Waals surface area contributed by atoms with E-state index in [9.17, 15) is 66.1 Å². The normalized spacial score (nSPS) is 36.1. The Kier molecular flexibility index (Phi) is 25.4. The summed E-state index contributed by atoms with van der Waals surface area (Å²) in [5.74, 6) is -0.507. The van der Waals surface area contributed by atoms with E-state index in [1.54, 1.807) is 6.92 Å². The molecule has 3 heterocycles. The summed E-state index contributed by atoms with van der Waals surface area (Å²) >= 11 is 0. The number of esters is 1. The average molecular weight is 889 g/mol. The van der Waals surface area contributed by atoms with Crippen molar-refractivity contribution in [2.75, 3.05) is 26.9 Å². The van der Waals surface area contributed by atoms with Crippen molar-refractivity contribution in [3.8, 4) is 0 Å². The Bertz CT molecular complexity index is 1170. The van der Waals surface area contributed by atoms with Crippen molar-refractivity contribution in [2.45, 2.75) is 227 Å².